The second-order valence-electron chi connectivity index (χ2n) is 7.69. The van der Waals surface area contributed by atoms with Crippen molar-refractivity contribution in [1.29, 1.82) is 0 Å². The molecule has 5 N–H and O–H groups in total. The minimum absolute atomic E-state index is 0.231. The van der Waals surface area contributed by atoms with E-state index in [2.05, 4.69) is 25.4 Å². The van der Waals surface area contributed by atoms with Crippen LogP contribution in [0.15, 0.2) is 47.0 Å². The Labute approximate surface area is 205 Å². The van der Waals surface area contributed by atoms with Crippen molar-refractivity contribution < 1.29 is 21.6 Å². The van der Waals surface area contributed by atoms with Crippen LogP contribution in [-0.4, -0.2) is 60.6 Å². The van der Waals surface area contributed by atoms with Crippen LogP contribution in [-0.2, 0) is 24.8 Å². The lowest BCUT2D eigenvalue weighted by Crippen LogP contribution is -2.38. The van der Waals surface area contributed by atoms with E-state index in [-0.39, 0.29) is 10.7 Å². The van der Waals surface area contributed by atoms with Gasteiger partial charge in [-0.25, -0.2) is 46.7 Å². The van der Waals surface area contributed by atoms with Gasteiger partial charge in [-0.2, -0.15) is 5.10 Å². The summed E-state index contributed by atoms with van der Waals surface area (Å²) >= 11 is 5.97. The highest BCUT2D eigenvalue weighted by Gasteiger charge is 2.29. The van der Waals surface area contributed by atoms with E-state index >= 15 is 0 Å². The minimum Gasteiger partial charge on any atom is -0.356 e. The number of carbonyl (C=O) groups is 1. The number of benzene rings is 1. The van der Waals surface area contributed by atoms with Gasteiger partial charge in [0, 0.05) is 25.1 Å². The van der Waals surface area contributed by atoms with Crippen molar-refractivity contribution in [2.24, 2.45) is 16.2 Å². The molecule has 17 heteroatoms. The molecule has 3 heterocycles. The first kappa shape index (κ1) is 24.9. The lowest BCUT2D eigenvalue weighted by Gasteiger charge is -2.32. The number of primary sulfonamides is 2. The van der Waals surface area contributed by atoms with Crippen molar-refractivity contribution in [3.05, 3.63) is 42.2 Å². The van der Waals surface area contributed by atoms with Crippen molar-refractivity contribution in [2.75, 3.05) is 23.3 Å². The molecule has 1 aliphatic rings. The monoisotopic (exact) mass is 541 g/mol. The maximum absolute atomic E-state index is 12.9. The molecule has 186 valence electrons. The molecule has 1 saturated heterocycles. The van der Waals surface area contributed by atoms with E-state index in [1.807, 2.05) is 4.90 Å². The van der Waals surface area contributed by atoms with Gasteiger partial charge in [0.2, 0.25) is 26.0 Å². The number of carbonyl (C=O) groups excluding carboxylic acids is 1. The Morgan fingerprint density at radius 1 is 0.971 bits per heavy atom. The molecule has 14 nitrogen and oxygen atoms in total. The number of nitrogens with zero attached hydrogens (tertiary/aromatic N) is 6. The van der Waals surface area contributed by atoms with Crippen LogP contribution in [0.2, 0.25) is 5.02 Å². The largest absolute Gasteiger partial charge is 0.356 e. The van der Waals surface area contributed by atoms with Crippen LogP contribution in [0, 0.1) is 5.92 Å². The number of nitrogens with two attached hydrogens (primary N) is 2. The van der Waals surface area contributed by atoms with E-state index in [0.717, 1.165) is 12.1 Å². The van der Waals surface area contributed by atoms with E-state index < -0.39 is 41.7 Å². The zero-order chi connectivity index (χ0) is 25.4. The topological polar surface area (TPSA) is 209 Å². The van der Waals surface area contributed by atoms with Gasteiger partial charge >= 0.3 is 0 Å². The molecule has 0 spiro atoms. The Bertz CT molecular complexity index is 1470. The molecule has 1 amide bonds. The zero-order valence-electron chi connectivity index (χ0n) is 17.9. The average molecular weight is 542 g/mol. The van der Waals surface area contributed by atoms with Gasteiger partial charge in [-0.1, -0.05) is 11.6 Å². The molecule has 0 saturated carbocycles. The summed E-state index contributed by atoms with van der Waals surface area (Å²) in [6.07, 6.45) is 5.21. The van der Waals surface area contributed by atoms with Gasteiger partial charge in [-0.05, 0) is 25.0 Å². The smallest absolute Gasteiger partial charge is 0.240 e. The number of halogens is 1. The molecule has 1 aromatic carbocycles. The summed E-state index contributed by atoms with van der Waals surface area (Å²) in [5, 5.41) is 16.5. The standard InChI is InChI=1S/C18H20ClN9O5S2/c19-12-5-13(15(35(21,32)33)6-14(12)34(20,30)31)26-18(29)11-1-3-27(4-2-11)16-7-17(24-9-23-16)28-10-22-8-25-28/h5-11H,1-4H2,(H,26,29)(H2,20,30,31)(H2,21,32,33). The minimum atomic E-state index is -4.40. The Kier molecular flexibility index (Phi) is 6.74. The van der Waals surface area contributed by atoms with Gasteiger partial charge in [0.25, 0.3) is 0 Å². The molecule has 0 unspecified atom stereocenters. The lowest BCUT2D eigenvalue weighted by atomic mass is 9.96. The fourth-order valence-corrected chi connectivity index (χ4v) is 5.53. The van der Waals surface area contributed by atoms with Crippen LogP contribution in [0.3, 0.4) is 0 Å². The maximum Gasteiger partial charge on any atom is 0.240 e. The number of anilines is 2. The third-order valence-electron chi connectivity index (χ3n) is 5.39. The molecular formula is C18H20ClN9O5S2. The van der Waals surface area contributed by atoms with Crippen LogP contribution in [0.25, 0.3) is 5.82 Å². The Hall–Kier alpha value is -3.18. The molecule has 0 aliphatic carbocycles. The first-order chi connectivity index (χ1) is 16.4. The third-order valence-corrected chi connectivity index (χ3v) is 7.71. The first-order valence-electron chi connectivity index (χ1n) is 10.1. The predicted octanol–water partition coefficient (Wildman–Crippen LogP) is -0.139. The Morgan fingerprint density at radius 3 is 2.23 bits per heavy atom. The number of nitrogens with one attached hydrogen (secondary N) is 1. The summed E-state index contributed by atoms with van der Waals surface area (Å²) in [6, 6.07) is 3.48. The molecule has 1 fully saturated rings. The number of aromatic nitrogens is 5. The second kappa shape index (κ2) is 9.46. The van der Waals surface area contributed by atoms with Crippen LogP contribution < -0.4 is 20.5 Å². The Morgan fingerprint density at radius 2 is 1.63 bits per heavy atom. The van der Waals surface area contributed by atoms with Crippen molar-refractivity contribution in [1.82, 2.24) is 24.7 Å². The van der Waals surface area contributed by atoms with Crippen LogP contribution in [0.1, 0.15) is 12.8 Å². The molecule has 2 aromatic heterocycles. The summed E-state index contributed by atoms with van der Waals surface area (Å²) in [5.41, 5.74) is -0.231. The first-order valence-corrected chi connectivity index (χ1v) is 13.5. The highest BCUT2D eigenvalue weighted by atomic mass is 35.5. The summed E-state index contributed by atoms with van der Waals surface area (Å²) in [7, 11) is -8.73. The van der Waals surface area contributed by atoms with Gasteiger partial charge in [0.1, 0.15) is 34.6 Å². The van der Waals surface area contributed by atoms with Gasteiger partial charge in [0.15, 0.2) is 5.82 Å². The van der Waals surface area contributed by atoms with E-state index in [9.17, 15) is 21.6 Å². The Balaban J connectivity index is 1.48. The molecule has 3 aromatic rings. The number of sulfonamides is 2. The maximum atomic E-state index is 12.9. The highest BCUT2D eigenvalue weighted by Crippen LogP contribution is 2.32. The van der Waals surface area contributed by atoms with Crippen LogP contribution in [0.4, 0.5) is 11.5 Å². The summed E-state index contributed by atoms with van der Waals surface area (Å²) in [6.45, 7) is 0.998. The number of rotatable bonds is 6. The van der Waals surface area contributed by atoms with Crippen molar-refractivity contribution in [3.8, 4) is 5.82 Å². The van der Waals surface area contributed by atoms with Crippen LogP contribution >= 0.6 is 11.6 Å². The van der Waals surface area contributed by atoms with Crippen molar-refractivity contribution in [3.63, 3.8) is 0 Å². The van der Waals surface area contributed by atoms with Crippen molar-refractivity contribution in [2.45, 2.75) is 22.6 Å². The van der Waals surface area contributed by atoms with Gasteiger partial charge < -0.3 is 10.2 Å². The van der Waals surface area contributed by atoms with E-state index in [4.69, 9.17) is 21.9 Å². The second-order valence-corrected chi connectivity index (χ2v) is 11.2. The number of piperidine rings is 1. The number of hydrogen-bond acceptors (Lipinski definition) is 10. The van der Waals surface area contributed by atoms with Gasteiger partial charge in [-0.3, -0.25) is 4.79 Å². The molecule has 4 rings (SSSR count). The molecule has 0 radical (unpaired) electrons. The number of hydrogen-bond donors (Lipinski definition) is 3. The summed E-state index contributed by atoms with van der Waals surface area (Å²) < 4.78 is 49.0. The van der Waals surface area contributed by atoms with Crippen molar-refractivity contribution >= 4 is 49.1 Å². The molecule has 1 aliphatic heterocycles. The predicted molar refractivity (Wildman–Crippen MR) is 125 cm³/mol. The average Bonchev–Trinajstić information content (AvgIpc) is 3.33. The van der Waals surface area contributed by atoms with E-state index in [1.54, 1.807) is 6.07 Å². The van der Waals surface area contributed by atoms with Gasteiger partial charge in [-0.15, -0.1) is 0 Å². The quantitative estimate of drug-likeness (QED) is 0.376. The summed E-state index contributed by atoms with van der Waals surface area (Å²) in [4.78, 5) is 26.0. The number of amides is 1. The van der Waals surface area contributed by atoms with Gasteiger partial charge in [0.05, 0.1) is 10.7 Å². The lowest BCUT2D eigenvalue weighted by molar-refractivity contribution is -0.120. The van der Waals surface area contributed by atoms with Crippen LogP contribution in [0.5, 0.6) is 0 Å². The fraction of sp³-hybridized carbons (Fsp3) is 0.278. The molecular weight excluding hydrogens is 522 g/mol. The SMILES string of the molecule is NS(=O)(=O)c1cc(S(N)(=O)=O)c(NC(=O)C2CCN(c3cc(-n4cncn4)ncn3)CC2)cc1Cl. The van der Waals surface area contributed by atoms with E-state index in [0.29, 0.717) is 37.6 Å². The molecule has 0 atom stereocenters. The fourth-order valence-electron chi connectivity index (χ4n) is 3.65. The zero-order valence-corrected chi connectivity index (χ0v) is 20.3. The highest BCUT2D eigenvalue weighted by molar-refractivity contribution is 7.90. The molecule has 35 heavy (non-hydrogen) atoms. The summed E-state index contributed by atoms with van der Waals surface area (Å²) in [5.74, 6) is 0.293. The van der Waals surface area contributed by atoms with E-state index in [1.165, 1.54) is 23.7 Å². The normalized spacial score (nSPS) is 15.2. The molecule has 0 bridgehead atoms. The third kappa shape index (κ3) is 5.57.